The smallest absolute Gasteiger partial charge is 0.248 e. The van der Waals surface area contributed by atoms with E-state index in [9.17, 15) is 4.79 Å². The van der Waals surface area contributed by atoms with Crippen LogP contribution in [0, 0.1) is 6.92 Å². The van der Waals surface area contributed by atoms with Crippen LogP contribution in [0.25, 0.3) is 5.65 Å². The predicted molar refractivity (Wildman–Crippen MR) is 82.2 cm³/mol. The highest BCUT2D eigenvalue weighted by atomic mass is 16.1. The van der Waals surface area contributed by atoms with Gasteiger partial charge in [-0.1, -0.05) is 6.07 Å². The summed E-state index contributed by atoms with van der Waals surface area (Å²) >= 11 is 0. The van der Waals surface area contributed by atoms with Crippen molar-refractivity contribution in [3.8, 4) is 0 Å². The van der Waals surface area contributed by atoms with E-state index in [2.05, 4.69) is 14.7 Å². The van der Waals surface area contributed by atoms with Gasteiger partial charge in [0, 0.05) is 17.4 Å². The molecule has 3 N–H and O–H groups in total. The zero-order valence-corrected chi connectivity index (χ0v) is 11.7. The van der Waals surface area contributed by atoms with Gasteiger partial charge in [0.25, 0.3) is 0 Å². The number of nitrogens with two attached hydrogens (primary N) is 1. The van der Waals surface area contributed by atoms with Crippen molar-refractivity contribution in [3.63, 3.8) is 0 Å². The molecule has 5 heteroatoms. The maximum atomic E-state index is 11.0. The number of nitrogens with one attached hydrogen (secondary N) is 1. The fraction of sp³-hybridized carbons (Fsp3) is 0.125. The molecule has 0 fully saturated rings. The first-order valence-corrected chi connectivity index (χ1v) is 6.71. The zero-order valence-electron chi connectivity index (χ0n) is 11.7. The van der Waals surface area contributed by atoms with E-state index >= 15 is 0 Å². The number of primary amides is 1. The summed E-state index contributed by atoms with van der Waals surface area (Å²) in [7, 11) is 0. The summed E-state index contributed by atoms with van der Waals surface area (Å²) < 4.78 is 2.07. The van der Waals surface area contributed by atoms with Crippen LogP contribution in [0.4, 0.5) is 5.69 Å². The molecule has 2 aromatic heterocycles. The van der Waals surface area contributed by atoms with Gasteiger partial charge >= 0.3 is 0 Å². The highest BCUT2D eigenvalue weighted by molar-refractivity contribution is 5.93. The molecule has 0 saturated carbocycles. The van der Waals surface area contributed by atoms with Crippen molar-refractivity contribution in [2.45, 2.75) is 13.5 Å². The minimum Gasteiger partial charge on any atom is -0.379 e. The summed E-state index contributed by atoms with van der Waals surface area (Å²) in [5, 5.41) is 3.33. The SMILES string of the molecule is Cc1nc2ccccn2c1CNc1ccc(C(N)=O)cc1. The number of aryl methyl sites for hydroxylation is 1. The highest BCUT2D eigenvalue weighted by Gasteiger charge is 2.07. The van der Waals surface area contributed by atoms with Crippen LogP contribution in [0.2, 0.25) is 0 Å². The zero-order chi connectivity index (χ0) is 14.8. The number of carbonyl (C=O) groups is 1. The van der Waals surface area contributed by atoms with E-state index in [-0.39, 0.29) is 0 Å². The molecule has 0 spiro atoms. The van der Waals surface area contributed by atoms with Crippen molar-refractivity contribution in [1.82, 2.24) is 9.38 Å². The highest BCUT2D eigenvalue weighted by Crippen LogP contribution is 2.15. The van der Waals surface area contributed by atoms with E-state index in [0.29, 0.717) is 12.1 Å². The topological polar surface area (TPSA) is 72.4 Å². The van der Waals surface area contributed by atoms with Crippen molar-refractivity contribution in [2.75, 3.05) is 5.32 Å². The van der Waals surface area contributed by atoms with Gasteiger partial charge in [-0.25, -0.2) is 4.98 Å². The Labute approximate surface area is 122 Å². The number of carbonyl (C=O) groups excluding carboxylic acids is 1. The van der Waals surface area contributed by atoms with Gasteiger partial charge in [0.15, 0.2) is 0 Å². The molecule has 2 heterocycles. The van der Waals surface area contributed by atoms with Gasteiger partial charge in [0.1, 0.15) is 5.65 Å². The Morgan fingerprint density at radius 1 is 1.24 bits per heavy atom. The number of pyridine rings is 1. The van der Waals surface area contributed by atoms with Crippen LogP contribution in [0.5, 0.6) is 0 Å². The molecule has 1 aromatic carbocycles. The van der Waals surface area contributed by atoms with Crippen molar-refractivity contribution in [1.29, 1.82) is 0 Å². The second kappa shape index (κ2) is 5.28. The third-order valence-electron chi connectivity index (χ3n) is 3.46. The molecule has 0 aliphatic heterocycles. The molecule has 1 amide bonds. The Bertz CT molecular complexity index is 790. The fourth-order valence-corrected chi connectivity index (χ4v) is 2.32. The molecular weight excluding hydrogens is 264 g/mol. The van der Waals surface area contributed by atoms with Crippen molar-refractivity contribution >= 4 is 17.2 Å². The molecule has 3 aromatic rings. The van der Waals surface area contributed by atoms with E-state index in [1.54, 1.807) is 12.1 Å². The molecule has 0 radical (unpaired) electrons. The second-order valence-corrected chi connectivity index (χ2v) is 4.87. The lowest BCUT2D eigenvalue weighted by Crippen LogP contribution is -2.10. The average Bonchev–Trinajstić information content (AvgIpc) is 2.81. The summed E-state index contributed by atoms with van der Waals surface area (Å²) in [5.41, 5.74) is 9.73. The maximum Gasteiger partial charge on any atom is 0.248 e. The molecular formula is C16H16N4O. The number of hydrogen-bond acceptors (Lipinski definition) is 3. The standard InChI is InChI=1S/C16H16N4O/c1-11-14(20-9-3-2-4-15(20)19-11)10-18-13-7-5-12(6-8-13)16(17)21/h2-9,18H,10H2,1H3,(H2,17,21). The van der Waals surface area contributed by atoms with Crippen LogP contribution in [-0.4, -0.2) is 15.3 Å². The monoisotopic (exact) mass is 280 g/mol. The van der Waals surface area contributed by atoms with E-state index in [1.807, 2.05) is 43.5 Å². The third kappa shape index (κ3) is 2.58. The van der Waals surface area contributed by atoms with Gasteiger partial charge in [0.05, 0.1) is 17.9 Å². The van der Waals surface area contributed by atoms with E-state index in [0.717, 1.165) is 22.7 Å². The molecule has 5 nitrogen and oxygen atoms in total. The molecule has 0 aliphatic carbocycles. The van der Waals surface area contributed by atoms with Crippen molar-refractivity contribution in [3.05, 3.63) is 65.6 Å². The second-order valence-electron chi connectivity index (χ2n) is 4.87. The van der Waals surface area contributed by atoms with Gasteiger partial charge in [-0.15, -0.1) is 0 Å². The quantitative estimate of drug-likeness (QED) is 0.770. The van der Waals surface area contributed by atoms with Crippen LogP contribution in [0.1, 0.15) is 21.7 Å². The molecule has 0 atom stereocenters. The number of aromatic nitrogens is 2. The van der Waals surface area contributed by atoms with Gasteiger partial charge in [-0.05, 0) is 43.3 Å². The van der Waals surface area contributed by atoms with Crippen LogP contribution in [-0.2, 0) is 6.54 Å². The normalized spacial score (nSPS) is 10.7. The van der Waals surface area contributed by atoms with Crippen LogP contribution < -0.4 is 11.1 Å². The first-order valence-electron chi connectivity index (χ1n) is 6.71. The predicted octanol–water partition coefficient (Wildman–Crippen LogP) is 2.35. The minimum absolute atomic E-state index is 0.417. The largest absolute Gasteiger partial charge is 0.379 e. The maximum absolute atomic E-state index is 11.0. The van der Waals surface area contributed by atoms with Gasteiger partial charge in [-0.3, -0.25) is 4.79 Å². The van der Waals surface area contributed by atoms with Crippen LogP contribution in [0.3, 0.4) is 0 Å². The molecule has 3 rings (SSSR count). The Hall–Kier alpha value is -2.82. The summed E-state index contributed by atoms with van der Waals surface area (Å²) in [4.78, 5) is 15.6. The summed E-state index contributed by atoms with van der Waals surface area (Å²) in [6.45, 7) is 2.66. The van der Waals surface area contributed by atoms with Crippen LogP contribution in [0.15, 0.2) is 48.7 Å². The Morgan fingerprint density at radius 3 is 2.71 bits per heavy atom. The number of nitrogens with zero attached hydrogens (tertiary/aromatic N) is 2. The number of imidazole rings is 1. The average molecular weight is 280 g/mol. The fourth-order valence-electron chi connectivity index (χ4n) is 2.32. The Balaban J connectivity index is 1.80. The van der Waals surface area contributed by atoms with Gasteiger partial charge < -0.3 is 15.5 Å². The number of fused-ring (bicyclic) bond motifs is 1. The van der Waals surface area contributed by atoms with E-state index in [1.165, 1.54) is 0 Å². The molecule has 21 heavy (non-hydrogen) atoms. The van der Waals surface area contributed by atoms with Crippen LogP contribution >= 0.6 is 0 Å². The first kappa shape index (κ1) is 13.2. The Kier molecular flexibility index (Phi) is 3.31. The lowest BCUT2D eigenvalue weighted by molar-refractivity contribution is 0.100. The lowest BCUT2D eigenvalue weighted by Gasteiger charge is -2.08. The van der Waals surface area contributed by atoms with E-state index < -0.39 is 5.91 Å². The number of benzene rings is 1. The molecule has 0 bridgehead atoms. The Morgan fingerprint density at radius 2 is 2.00 bits per heavy atom. The number of anilines is 1. The lowest BCUT2D eigenvalue weighted by atomic mass is 10.2. The summed E-state index contributed by atoms with van der Waals surface area (Å²) in [5.74, 6) is -0.417. The van der Waals surface area contributed by atoms with Crippen molar-refractivity contribution in [2.24, 2.45) is 5.73 Å². The molecule has 0 saturated heterocycles. The molecule has 0 aliphatic rings. The summed E-state index contributed by atoms with van der Waals surface area (Å²) in [6, 6.07) is 13.1. The third-order valence-corrected chi connectivity index (χ3v) is 3.46. The minimum atomic E-state index is -0.417. The molecule has 0 unspecified atom stereocenters. The van der Waals surface area contributed by atoms with E-state index in [4.69, 9.17) is 5.73 Å². The summed E-state index contributed by atoms with van der Waals surface area (Å²) in [6.07, 6.45) is 2.00. The van der Waals surface area contributed by atoms with Crippen molar-refractivity contribution < 1.29 is 4.79 Å². The molecule has 106 valence electrons. The van der Waals surface area contributed by atoms with Gasteiger partial charge in [-0.2, -0.15) is 0 Å². The number of hydrogen-bond donors (Lipinski definition) is 2. The van der Waals surface area contributed by atoms with Gasteiger partial charge in [0.2, 0.25) is 5.91 Å². The first-order chi connectivity index (χ1) is 10.1. The number of rotatable bonds is 4. The number of amides is 1.